The van der Waals surface area contributed by atoms with Gasteiger partial charge in [-0.05, 0) is 31.5 Å². The SMILES string of the molecule is Cc1cc(=O)cc(C)n1Cc1ccc(C#N)cc1. The molecule has 1 aromatic carbocycles. The van der Waals surface area contributed by atoms with Gasteiger partial charge in [0.05, 0.1) is 11.6 Å². The molecule has 90 valence electrons. The molecule has 0 N–H and O–H groups in total. The molecular weight excluding hydrogens is 224 g/mol. The van der Waals surface area contributed by atoms with Gasteiger partial charge in [0, 0.05) is 30.1 Å². The zero-order valence-electron chi connectivity index (χ0n) is 10.5. The number of rotatable bonds is 2. The molecule has 0 bridgehead atoms. The van der Waals surface area contributed by atoms with E-state index in [9.17, 15) is 4.79 Å². The van der Waals surface area contributed by atoms with Crippen LogP contribution in [0.25, 0.3) is 0 Å². The van der Waals surface area contributed by atoms with E-state index in [1.54, 1.807) is 12.1 Å². The highest BCUT2D eigenvalue weighted by Gasteiger charge is 2.02. The summed E-state index contributed by atoms with van der Waals surface area (Å²) in [5, 5.41) is 8.75. The summed E-state index contributed by atoms with van der Waals surface area (Å²) >= 11 is 0. The lowest BCUT2D eigenvalue weighted by atomic mass is 10.1. The van der Waals surface area contributed by atoms with Gasteiger partial charge in [-0.3, -0.25) is 4.79 Å². The second kappa shape index (κ2) is 4.89. The standard InChI is InChI=1S/C15H14N2O/c1-11-7-15(18)8-12(2)17(11)10-14-5-3-13(9-16)4-6-14/h3-8H,10H2,1-2H3. The van der Waals surface area contributed by atoms with Crippen LogP contribution in [0, 0.1) is 25.2 Å². The minimum absolute atomic E-state index is 0.0427. The number of hydrogen-bond donors (Lipinski definition) is 0. The highest BCUT2D eigenvalue weighted by Crippen LogP contribution is 2.09. The van der Waals surface area contributed by atoms with Crippen molar-refractivity contribution >= 4 is 0 Å². The summed E-state index contributed by atoms with van der Waals surface area (Å²) in [4.78, 5) is 11.3. The van der Waals surface area contributed by atoms with Gasteiger partial charge in [0.25, 0.3) is 0 Å². The normalized spacial score (nSPS) is 10.1. The number of nitrogens with zero attached hydrogens (tertiary/aromatic N) is 2. The number of hydrogen-bond acceptors (Lipinski definition) is 2. The van der Waals surface area contributed by atoms with Crippen molar-refractivity contribution in [3.8, 4) is 6.07 Å². The molecule has 0 aliphatic heterocycles. The van der Waals surface area contributed by atoms with Gasteiger partial charge in [-0.15, -0.1) is 0 Å². The van der Waals surface area contributed by atoms with Crippen molar-refractivity contribution in [3.63, 3.8) is 0 Å². The minimum Gasteiger partial charge on any atom is -0.345 e. The van der Waals surface area contributed by atoms with Crippen molar-refractivity contribution in [2.75, 3.05) is 0 Å². The third-order valence-corrected chi connectivity index (χ3v) is 2.98. The molecule has 1 heterocycles. The van der Waals surface area contributed by atoms with Gasteiger partial charge in [-0.1, -0.05) is 12.1 Å². The van der Waals surface area contributed by atoms with Gasteiger partial charge in [0.2, 0.25) is 0 Å². The van der Waals surface area contributed by atoms with Crippen LogP contribution in [0.3, 0.4) is 0 Å². The Morgan fingerprint density at radius 2 is 1.67 bits per heavy atom. The van der Waals surface area contributed by atoms with Gasteiger partial charge in [0.15, 0.2) is 5.43 Å². The molecule has 18 heavy (non-hydrogen) atoms. The lowest BCUT2D eigenvalue weighted by Crippen LogP contribution is -2.13. The fourth-order valence-electron chi connectivity index (χ4n) is 2.00. The Bertz CT molecular complexity index is 634. The summed E-state index contributed by atoms with van der Waals surface area (Å²) in [6.45, 7) is 4.57. The first-order valence-corrected chi connectivity index (χ1v) is 5.77. The fraction of sp³-hybridized carbons (Fsp3) is 0.200. The lowest BCUT2D eigenvalue weighted by Gasteiger charge is -2.14. The molecule has 0 aliphatic carbocycles. The van der Waals surface area contributed by atoms with Crippen molar-refractivity contribution in [2.24, 2.45) is 0 Å². The quantitative estimate of drug-likeness (QED) is 0.806. The van der Waals surface area contributed by atoms with Crippen LogP contribution in [0.15, 0.2) is 41.2 Å². The molecule has 3 heteroatoms. The number of pyridine rings is 1. The zero-order chi connectivity index (χ0) is 13.1. The fourth-order valence-corrected chi connectivity index (χ4v) is 2.00. The van der Waals surface area contributed by atoms with Crippen LogP contribution in [-0.4, -0.2) is 4.57 Å². The van der Waals surface area contributed by atoms with E-state index in [2.05, 4.69) is 10.6 Å². The van der Waals surface area contributed by atoms with Crippen LogP contribution >= 0.6 is 0 Å². The Hall–Kier alpha value is -2.34. The van der Waals surface area contributed by atoms with Crippen LogP contribution < -0.4 is 5.43 Å². The number of aromatic nitrogens is 1. The molecule has 0 saturated heterocycles. The Labute approximate surface area is 106 Å². The summed E-state index contributed by atoms with van der Waals surface area (Å²) in [7, 11) is 0. The number of nitriles is 1. The number of aryl methyl sites for hydroxylation is 2. The molecule has 0 atom stereocenters. The largest absolute Gasteiger partial charge is 0.345 e. The molecule has 0 amide bonds. The molecule has 0 spiro atoms. The highest BCUT2D eigenvalue weighted by atomic mass is 16.1. The summed E-state index contributed by atoms with van der Waals surface area (Å²) in [6.07, 6.45) is 0. The van der Waals surface area contributed by atoms with Gasteiger partial charge in [0.1, 0.15) is 0 Å². The summed E-state index contributed by atoms with van der Waals surface area (Å²) < 4.78 is 2.09. The maximum Gasteiger partial charge on any atom is 0.182 e. The zero-order valence-corrected chi connectivity index (χ0v) is 10.5. The molecule has 0 fully saturated rings. The van der Waals surface area contributed by atoms with Gasteiger partial charge < -0.3 is 4.57 Å². The van der Waals surface area contributed by atoms with Crippen molar-refractivity contribution < 1.29 is 0 Å². The van der Waals surface area contributed by atoms with E-state index >= 15 is 0 Å². The van der Waals surface area contributed by atoms with E-state index in [1.165, 1.54) is 0 Å². The molecule has 2 aromatic rings. The Morgan fingerprint density at radius 1 is 1.11 bits per heavy atom. The molecule has 2 rings (SSSR count). The molecule has 3 nitrogen and oxygen atoms in total. The predicted molar refractivity (Wildman–Crippen MR) is 70.4 cm³/mol. The van der Waals surface area contributed by atoms with Crippen LogP contribution in [-0.2, 0) is 6.54 Å². The smallest absolute Gasteiger partial charge is 0.182 e. The number of benzene rings is 1. The molecule has 0 unspecified atom stereocenters. The van der Waals surface area contributed by atoms with E-state index in [0.29, 0.717) is 12.1 Å². The van der Waals surface area contributed by atoms with Gasteiger partial charge >= 0.3 is 0 Å². The lowest BCUT2D eigenvalue weighted by molar-refractivity contribution is 0.728. The van der Waals surface area contributed by atoms with Crippen LogP contribution in [0.1, 0.15) is 22.5 Å². The van der Waals surface area contributed by atoms with Crippen LogP contribution in [0.4, 0.5) is 0 Å². The molecule has 1 aromatic heterocycles. The van der Waals surface area contributed by atoms with Crippen molar-refractivity contribution in [1.29, 1.82) is 5.26 Å². The molecule has 0 radical (unpaired) electrons. The average Bonchev–Trinajstić information content (AvgIpc) is 2.34. The topological polar surface area (TPSA) is 45.8 Å². The first-order chi connectivity index (χ1) is 8.60. The van der Waals surface area contributed by atoms with Crippen molar-refractivity contribution in [3.05, 3.63) is 69.1 Å². The Morgan fingerprint density at radius 3 is 2.17 bits per heavy atom. The predicted octanol–water partition coefficient (Wildman–Crippen LogP) is 2.39. The van der Waals surface area contributed by atoms with E-state index in [1.807, 2.05) is 38.1 Å². The third kappa shape index (κ3) is 2.49. The highest BCUT2D eigenvalue weighted by molar-refractivity contribution is 5.32. The van der Waals surface area contributed by atoms with Crippen LogP contribution in [0.2, 0.25) is 0 Å². The summed E-state index contributed by atoms with van der Waals surface area (Å²) in [5.41, 5.74) is 3.71. The van der Waals surface area contributed by atoms with Crippen molar-refractivity contribution in [2.45, 2.75) is 20.4 Å². The molecule has 0 saturated carbocycles. The molecule has 0 aliphatic rings. The summed E-state index contributed by atoms with van der Waals surface area (Å²) in [6, 6.07) is 12.9. The third-order valence-electron chi connectivity index (χ3n) is 2.98. The van der Waals surface area contributed by atoms with E-state index in [-0.39, 0.29) is 5.43 Å². The Kier molecular flexibility index (Phi) is 3.29. The Balaban J connectivity index is 2.34. The van der Waals surface area contributed by atoms with Crippen LogP contribution in [0.5, 0.6) is 0 Å². The van der Waals surface area contributed by atoms with Gasteiger partial charge in [-0.25, -0.2) is 0 Å². The van der Waals surface area contributed by atoms with Crippen molar-refractivity contribution in [1.82, 2.24) is 4.57 Å². The maximum absolute atomic E-state index is 11.3. The molecular formula is C15H14N2O. The monoisotopic (exact) mass is 238 g/mol. The first kappa shape index (κ1) is 12.1. The second-order valence-electron chi connectivity index (χ2n) is 4.37. The second-order valence-corrected chi connectivity index (χ2v) is 4.37. The summed E-state index contributed by atoms with van der Waals surface area (Å²) in [5.74, 6) is 0. The van der Waals surface area contributed by atoms with E-state index in [0.717, 1.165) is 17.0 Å². The van der Waals surface area contributed by atoms with E-state index in [4.69, 9.17) is 5.26 Å². The first-order valence-electron chi connectivity index (χ1n) is 5.77. The minimum atomic E-state index is 0.0427. The van der Waals surface area contributed by atoms with E-state index < -0.39 is 0 Å². The average molecular weight is 238 g/mol. The maximum atomic E-state index is 11.3. The van der Waals surface area contributed by atoms with Gasteiger partial charge in [-0.2, -0.15) is 5.26 Å².